The zero-order valence-corrected chi connectivity index (χ0v) is 14.5. The third-order valence-electron chi connectivity index (χ3n) is 3.80. The number of imidazole rings is 1. The predicted molar refractivity (Wildman–Crippen MR) is 87.3 cm³/mol. The van der Waals surface area contributed by atoms with Crippen LogP contribution in [0.5, 0.6) is 0 Å². The monoisotopic (exact) mass is 404 g/mol. The summed E-state index contributed by atoms with van der Waals surface area (Å²) in [6.45, 7) is -1.37. The Labute approximate surface area is 151 Å². The Morgan fingerprint density at radius 2 is 2.15 bits per heavy atom. The lowest BCUT2D eigenvalue weighted by Gasteiger charge is -2.21. The van der Waals surface area contributed by atoms with Crippen molar-refractivity contribution in [3.05, 3.63) is 12.7 Å². The maximum atomic E-state index is 11.0. The zero-order chi connectivity index (χ0) is 19.8. The standard InChI is InChI=1S/C12H17N6O8P/c13-6(1-19)26-9-5(2-24-27(21,22)23)25-12(8(9)20)18-4-17-7-10(14)15-3-16-11(7)18/h3-5,8-9,12-13,19-20H,1-2H2,(H2,14,15,16)(H2,21,22,23)/t5?,8-,9-,12-/m1/s1. The van der Waals surface area contributed by atoms with Crippen molar-refractivity contribution < 1.29 is 38.6 Å². The van der Waals surface area contributed by atoms with Crippen molar-refractivity contribution in [2.24, 2.45) is 0 Å². The molecule has 1 saturated heterocycles. The average Bonchev–Trinajstić information content (AvgIpc) is 3.15. The molecule has 4 atom stereocenters. The second-order valence-corrected chi connectivity index (χ2v) is 6.83. The van der Waals surface area contributed by atoms with Gasteiger partial charge in [0.25, 0.3) is 0 Å². The number of phosphoric ester groups is 1. The minimum atomic E-state index is -4.81. The highest BCUT2D eigenvalue weighted by atomic mass is 31.2. The van der Waals surface area contributed by atoms with Crippen molar-refractivity contribution in [2.75, 3.05) is 18.9 Å². The molecule has 1 aliphatic rings. The number of aromatic nitrogens is 4. The molecule has 0 saturated carbocycles. The van der Waals surface area contributed by atoms with E-state index in [1.54, 1.807) is 0 Å². The number of hydrogen-bond acceptors (Lipinski definition) is 11. The molecule has 2 aromatic heterocycles. The molecule has 1 aliphatic heterocycles. The minimum absolute atomic E-state index is 0.113. The van der Waals surface area contributed by atoms with Crippen LogP contribution in [0.3, 0.4) is 0 Å². The Balaban J connectivity index is 1.90. The molecule has 15 heteroatoms. The lowest BCUT2D eigenvalue weighted by Crippen LogP contribution is -2.38. The molecule has 3 rings (SSSR count). The van der Waals surface area contributed by atoms with E-state index in [9.17, 15) is 9.67 Å². The van der Waals surface area contributed by atoms with Crippen molar-refractivity contribution in [1.82, 2.24) is 19.5 Å². The number of nitrogens with zero attached hydrogens (tertiary/aromatic N) is 4. The molecule has 0 aliphatic carbocycles. The molecular formula is C12H17N6O8P. The first kappa shape index (κ1) is 19.6. The van der Waals surface area contributed by atoms with Gasteiger partial charge in [-0.05, 0) is 0 Å². The van der Waals surface area contributed by atoms with Gasteiger partial charge < -0.3 is 35.2 Å². The van der Waals surface area contributed by atoms with Crippen LogP contribution in [0.2, 0.25) is 0 Å². The van der Waals surface area contributed by atoms with Gasteiger partial charge in [-0.15, -0.1) is 0 Å². The third-order valence-corrected chi connectivity index (χ3v) is 4.28. The highest BCUT2D eigenvalue weighted by Gasteiger charge is 2.48. The summed E-state index contributed by atoms with van der Waals surface area (Å²) < 4.78 is 27.5. The molecular weight excluding hydrogens is 387 g/mol. The molecule has 0 radical (unpaired) electrons. The first-order valence-electron chi connectivity index (χ1n) is 7.53. The van der Waals surface area contributed by atoms with Crippen LogP contribution in [0, 0.1) is 5.41 Å². The molecule has 0 aromatic carbocycles. The molecule has 3 heterocycles. The summed E-state index contributed by atoms with van der Waals surface area (Å²) in [6, 6.07) is 0. The van der Waals surface area contributed by atoms with Gasteiger partial charge in [0, 0.05) is 0 Å². The molecule has 1 unspecified atom stereocenters. The summed E-state index contributed by atoms with van der Waals surface area (Å²) in [5.74, 6) is -0.450. The van der Waals surface area contributed by atoms with Crippen LogP contribution in [-0.2, 0) is 18.6 Å². The number of anilines is 1. The Hall–Kier alpha value is -2.19. The molecule has 14 nitrogen and oxygen atoms in total. The number of ether oxygens (including phenoxy) is 2. The first-order valence-corrected chi connectivity index (χ1v) is 9.06. The molecule has 0 bridgehead atoms. The second kappa shape index (κ2) is 7.44. The maximum Gasteiger partial charge on any atom is 0.469 e. The third kappa shape index (κ3) is 4.06. The van der Waals surface area contributed by atoms with Crippen molar-refractivity contribution in [1.29, 1.82) is 5.41 Å². The van der Waals surface area contributed by atoms with Crippen molar-refractivity contribution >= 4 is 30.7 Å². The van der Waals surface area contributed by atoms with Crippen LogP contribution in [0.1, 0.15) is 6.23 Å². The number of nitrogen functional groups attached to an aromatic ring is 1. The highest BCUT2D eigenvalue weighted by Crippen LogP contribution is 2.39. The van der Waals surface area contributed by atoms with E-state index < -0.39 is 51.5 Å². The number of phosphoric acid groups is 1. The van der Waals surface area contributed by atoms with Crippen LogP contribution in [0.25, 0.3) is 11.2 Å². The number of aliphatic hydroxyl groups is 2. The molecule has 0 amide bonds. The van der Waals surface area contributed by atoms with Crippen LogP contribution in [0.15, 0.2) is 12.7 Å². The summed E-state index contributed by atoms with van der Waals surface area (Å²) in [4.78, 5) is 29.7. The van der Waals surface area contributed by atoms with Gasteiger partial charge in [0.1, 0.15) is 30.7 Å². The topological polar surface area (TPSA) is 219 Å². The molecule has 0 spiro atoms. The van der Waals surface area contributed by atoms with Crippen LogP contribution >= 0.6 is 7.82 Å². The van der Waals surface area contributed by atoms with E-state index in [-0.39, 0.29) is 17.0 Å². The number of nitrogens with one attached hydrogen (secondary N) is 1. The number of hydrogen-bond donors (Lipinski definition) is 6. The van der Waals surface area contributed by atoms with Crippen molar-refractivity contribution in [3.63, 3.8) is 0 Å². The highest BCUT2D eigenvalue weighted by molar-refractivity contribution is 7.46. The van der Waals surface area contributed by atoms with Gasteiger partial charge in [-0.1, -0.05) is 0 Å². The number of aliphatic hydroxyl groups excluding tert-OH is 2. The Bertz CT molecular complexity index is 886. The normalized spacial score (nSPS) is 25.8. The number of nitrogens with two attached hydrogens (primary N) is 1. The van der Waals surface area contributed by atoms with E-state index in [4.69, 9.17) is 35.5 Å². The minimum Gasteiger partial charge on any atom is -0.470 e. The lowest BCUT2D eigenvalue weighted by atomic mass is 10.1. The van der Waals surface area contributed by atoms with Gasteiger partial charge >= 0.3 is 7.82 Å². The fraction of sp³-hybridized carbons (Fsp3) is 0.500. The predicted octanol–water partition coefficient (Wildman–Crippen LogP) is -1.87. The summed E-state index contributed by atoms with van der Waals surface area (Å²) in [7, 11) is -4.81. The lowest BCUT2D eigenvalue weighted by molar-refractivity contribution is -0.0501. The smallest absolute Gasteiger partial charge is 0.469 e. The van der Waals surface area contributed by atoms with E-state index in [2.05, 4.69) is 19.5 Å². The van der Waals surface area contributed by atoms with E-state index in [0.717, 1.165) is 0 Å². The quantitative estimate of drug-likeness (QED) is 0.177. The van der Waals surface area contributed by atoms with Gasteiger partial charge in [0.05, 0.1) is 12.9 Å². The molecule has 2 aromatic rings. The zero-order valence-electron chi connectivity index (χ0n) is 13.6. The van der Waals surface area contributed by atoms with Crippen LogP contribution < -0.4 is 5.73 Å². The molecule has 27 heavy (non-hydrogen) atoms. The van der Waals surface area contributed by atoms with Crippen molar-refractivity contribution in [3.8, 4) is 0 Å². The van der Waals surface area contributed by atoms with E-state index in [1.165, 1.54) is 17.2 Å². The van der Waals surface area contributed by atoms with Crippen LogP contribution in [-0.4, -0.2) is 76.9 Å². The van der Waals surface area contributed by atoms with Gasteiger partial charge in [0.15, 0.2) is 23.8 Å². The van der Waals surface area contributed by atoms with Crippen molar-refractivity contribution in [2.45, 2.75) is 24.5 Å². The van der Waals surface area contributed by atoms with E-state index >= 15 is 0 Å². The average molecular weight is 404 g/mol. The van der Waals surface area contributed by atoms with Gasteiger partial charge in [-0.25, -0.2) is 19.5 Å². The summed E-state index contributed by atoms with van der Waals surface area (Å²) >= 11 is 0. The first-order chi connectivity index (χ1) is 12.7. The summed E-state index contributed by atoms with van der Waals surface area (Å²) in [6.07, 6.45) is -2.47. The fourth-order valence-corrected chi connectivity index (χ4v) is 3.00. The summed E-state index contributed by atoms with van der Waals surface area (Å²) in [5.41, 5.74) is 6.24. The fourth-order valence-electron chi connectivity index (χ4n) is 2.66. The maximum absolute atomic E-state index is 11.0. The summed E-state index contributed by atoms with van der Waals surface area (Å²) in [5, 5.41) is 27.0. The Morgan fingerprint density at radius 3 is 2.81 bits per heavy atom. The number of rotatable bonds is 6. The second-order valence-electron chi connectivity index (χ2n) is 5.59. The Kier molecular flexibility index (Phi) is 5.39. The molecule has 1 fully saturated rings. The number of fused-ring (bicyclic) bond motifs is 1. The van der Waals surface area contributed by atoms with E-state index in [1.807, 2.05) is 0 Å². The SMILES string of the molecule is N=C(CO)O[C@@H]1C(COP(=O)(O)O)O[C@@H](n2cnc3c(N)ncnc32)[C@@H]1O. The van der Waals surface area contributed by atoms with E-state index in [0.29, 0.717) is 0 Å². The largest absolute Gasteiger partial charge is 0.470 e. The molecule has 7 N–H and O–H groups in total. The van der Waals surface area contributed by atoms with Gasteiger partial charge in [-0.3, -0.25) is 14.5 Å². The molecule has 148 valence electrons. The van der Waals surface area contributed by atoms with Crippen LogP contribution in [0.4, 0.5) is 5.82 Å². The van der Waals surface area contributed by atoms with Gasteiger partial charge in [0.2, 0.25) is 5.90 Å². The van der Waals surface area contributed by atoms with Gasteiger partial charge in [-0.2, -0.15) is 0 Å². The Morgan fingerprint density at radius 1 is 1.41 bits per heavy atom.